The van der Waals surface area contributed by atoms with Crippen molar-refractivity contribution in [3.05, 3.63) is 232 Å². The van der Waals surface area contributed by atoms with E-state index in [2.05, 4.69) is 256 Å². The molecule has 0 atom stereocenters. The number of benzene rings is 11. The van der Waals surface area contributed by atoms with Gasteiger partial charge in [-0.3, -0.25) is 0 Å². The fourth-order valence-corrected chi connectivity index (χ4v) is 15.0. The molecule has 74 heavy (non-hydrogen) atoms. The molecule has 0 N–H and O–H groups in total. The second-order valence-corrected chi connectivity index (χ2v) is 24.8. The van der Waals surface area contributed by atoms with E-state index in [1.165, 1.54) is 138 Å². The highest BCUT2D eigenvalue weighted by atomic mass is 15.1. The Labute approximate surface area is 436 Å². The first-order chi connectivity index (χ1) is 35.5. The average molecular weight is 952 g/mol. The maximum atomic E-state index is 2.52. The van der Waals surface area contributed by atoms with Crippen molar-refractivity contribution < 1.29 is 0 Å². The van der Waals surface area contributed by atoms with Crippen LogP contribution in [0.2, 0.25) is 0 Å². The molecule has 1 heteroatoms. The molecule has 358 valence electrons. The molecule has 0 fully saturated rings. The van der Waals surface area contributed by atoms with Crippen molar-refractivity contribution >= 4 is 60.2 Å². The van der Waals surface area contributed by atoms with Gasteiger partial charge in [0.15, 0.2) is 0 Å². The minimum absolute atomic E-state index is 0.128. The van der Waals surface area contributed by atoms with Crippen molar-refractivity contribution in [1.29, 1.82) is 0 Å². The second-order valence-electron chi connectivity index (χ2n) is 24.8. The van der Waals surface area contributed by atoms with Crippen LogP contribution in [0.5, 0.6) is 0 Å². The van der Waals surface area contributed by atoms with Gasteiger partial charge in [0.25, 0.3) is 0 Å². The molecule has 4 aliphatic rings. The summed E-state index contributed by atoms with van der Waals surface area (Å²) in [6.07, 6.45) is 0. The van der Waals surface area contributed by atoms with Gasteiger partial charge in [-0.2, -0.15) is 0 Å². The smallest absolute Gasteiger partial charge is 0.0468 e. The predicted molar refractivity (Wildman–Crippen MR) is 315 cm³/mol. The van der Waals surface area contributed by atoms with E-state index in [4.69, 9.17) is 0 Å². The lowest BCUT2D eigenvalue weighted by atomic mass is 9.72. The number of rotatable bonds is 4. The fraction of sp³-hybridized carbons (Fsp3) is 0.205. The van der Waals surface area contributed by atoms with Crippen molar-refractivity contribution in [2.75, 3.05) is 4.90 Å². The van der Waals surface area contributed by atoms with Crippen LogP contribution >= 0.6 is 0 Å². The van der Waals surface area contributed by atoms with Crippen LogP contribution in [0.3, 0.4) is 0 Å². The average Bonchev–Trinajstić information content (AvgIpc) is 3.94. The predicted octanol–water partition coefficient (Wildman–Crippen LogP) is 20.1. The molecule has 0 amide bonds. The molecular formula is C73H61N. The Balaban J connectivity index is 0.846. The summed E-state index contributed by atoms with van der Waals surface area (Å²) in [7, 11) is 0. The van der Waals surface area contributed by atoms with E-state index in [1.807, 2.05) is 0 Å². The molecule has 0 bridgehead atoms. The monoisotopic (exact) mass is 951 g/mol. The second kappa shape index (κ2) is 14.5. The summed E-state index contributed by atoms with van der Waals surface area (Å²) in [5, 5.41) is 10.3. The topological polar surface area (TPSA) is 3.24 Å². The van der Waals surface area contributed by atoms with Crippen LogP contribution in [-0.2, 0) is 21.7 Å². The zero-order valence-electron chi connectivity index (χ0n) is 44.3. The largest absolute Gasteiger partial charge is 0.310 e. The molecular weight excluding hydrogens is 891 g/mol. The van der Waals surface area contributed by atoms with Gasteiger partial charge in [0.1, 0.15) is 0 Å². The first-order valence-electron chi connectivity index (χ1n) is 27.0. The first-order valence-corrected chi connectivity index (χ1v) is 27.0. The Morgan fingerprint density at radius 2 is 0.554 bits per heavy atom. The number of hydrogen-bond donors (Lipinski definition) is 0. The fourth-order valence-electron chi connectivity index (χ4n) is 15.0. The van der Waals surface area contributed by atoms with Gasteiger partial charge in [-0.05, 0) is 229 Å². The van der Waals surface area contributed by atoms with Gasteiger partial charge in [0.2, 0.25) is 0 Å². The maximum Gasteiger partial charge on any atom is 0.0468 e. The van der Waals surface area contributed by atoms with Crippen molar-refractivity contribution in [1.82, 2.24) is 0 Å². The van der Waals surface area contributed by atoms with Crippen molar-refractivity contribution in [2.45, 2.75) is 96.8 Å². The van der Waals surface area contributed by atoms with Gasteiger partial charge in [0.05, 0.1) is 0 Å². The molecule has 0 spiro atoms. The van der Waals surface area contributed by atoms with Crippen LogP contribution in [0.15, 0.2) is 182 Å². The lowest BCUT2D eigenvalue weighted by Crippen LogP contribution is -2.24. The van der Waals surface area contributed by atoms with E-state index < -0.39 is 0 Å². The van der Waals surface area contributed by atoms with E-state index in [-0.39, 0.29) is 21.7 Å². The van der Waals surface area contributed by atoms with Crippen LogP contribution in [0.4, 0.5) is 17.1 Å². The molecule has 0 unspecified atom stereocenters. The number of hydrogen-bond acceptors (Lipinski definition) is 1. The molecule has 11 aromatic rings. The summed E-state index contributed by atoms with van der Waals surface area (Å²) >= 11 is 0. The van der Waals surface area contributed by atoms with Crippen LogP contribution in [0.1, 0.15) is 125 Å². The maximum absolute atomic E-state index is 2.52. The number of nitrogens with zero attached hydrogens (tertiary/aromatic N) is 1. The third-order valence-electron chi connectivity index (χ3n) is 18.8. The van der Waals surface area contributed by atoms with E-state index in [9.17, 15) is 0 Å². The molecule has 4 aliphatic carbocycles. The van der Waals surface area contributed by atoms with Crippen LogP contribution in [0.25, 0.3) is 87.6 Å². The van der Waals surface area contributed by atoms with Crippen molar-refractivity contribution in [3.8, 4) is 44.5 Å². The van der Waals surface area contributed by atoms with E-state index >= 15 is 0 Å². The van der Waals surface area contributed by atoms with E-state index in [1.54, 1.807) is 0 Å². The molecule has 1 nitrogen and oxygen atoms in total. The minimum atomic E-state index is -0.189. The quantitative estimate of drug-likeness (QED) is 0.170. The molecule has 0 radical (unpaired) electrons. The highest BCUT2D eigenvalue weighted by Gasteiger charge is 2.48. The highest BCUT2D eigenvalue weighted by molar-refractivity contribution is 6.03. The van der Waals surface area contributed by atoms with Gasteiger partial charge < -0.3 is 4.90 Å². The molecule has 11 aromatic carbocycles. The number of fused-ring (bicyclic) bond motifs is 18. The Morgan fingerprint density at radius 1 is 0.270 bits per heavy atom. The Bertz CT molecular complexity index is 4070. The Kier molecular flexibility index (Phi) is 8.59. The summed E-state index contributed by atoms with van der Waals surface area (Å²) in [5.74, 6) is 0.448. The van der Waals surface area contributed by atoms with Crippen LogP contribution < -0.4 is 4.90 Å². The Hall–Kier alpha value is -7.74. The first kappa shape index (κ1) is 43.8. The summed E-state index contributed by atoms with van der Waals surface area (Å²) < 4.78 is 0. The minimum Gasteiger partial charge on any atom is -0.310 e. The molecule has 15 rings (SSSR count). The lowest BCUT2D eigenvalue weighted by Gasteiger charge is -2.31. The molecule has 0 aromatic heterocycles. The van der Waals surface area contributed by atoms with E-state index in [0.29, 0.717) is 5.92 Å². The van der Waals surface area contributed by atoms with Crippen LogP contribution in [0, 0.1) is 0 Å². The third kappa shape index (κ3) is 5.71. The standard InChI is InChI=1S/C73H61N/c1-41(2)42-19-23-51(24-20-42)74(52-25-21-47-35-60-56-29-27-54-58-33-43-15-11-13-17-45(43)37-62(58)70(3,4)66(54)68(56)72(7,8)64(60)39-49(47)31-52)53-26-22-48-36-61-57-30-28-55-59-34-44-16-12-14-18-46(44)38-63(59)71(5,6)67(55)69(57)73(9,10)65(61)40-50(48)32-53/h11-41H,1-10H3. The SMILES string of the molecule is CC(C)c1ccc(N(c2ccc3cc4c(cc3c2)C(C)(C)c2c-4ccc3c2C(C)(C)c2cc4ccccc4cc2-3)c2ccc3cc4c(cc3c2)C(C)(C)c2c-4ccc3c2C(C)(C)c2cc4ccccc4cc2-3)cc1. The van der Waals surface area contributed by atoms with Crippen LogP contribution in [-0.4, -0.2) is 0 Å². The van der Waals surface area contributed by atoms with Gasteiger partial charge in [-0.1, -0.05) is 166 Å². The Morgan fingerprint density at radius 3 is 0.878 bits per heavy atom. The summed E-state index contributed by atoms with van der Waals surface area (Å²) in [4.78, 5) is 2.48. The lowest BCUT2D eigenvalue weighted by molar-refractivity contribution is 0.602. The molecule has 0 saturated carbocycles. The summed E-state index contributed by atoms with van der Waals surface area (Å²) in [5.41, 5.74) is 26.9. The van der Waals surface area contributed by atoms with Crippen molar-refractivity contribution in [3.63, 3.8) is 0 Å². The van der Waals surface area contributed by atoms with Gasteiger partial charge in [0, 0.05) is 38.7 Å². The molecule has 0 heterocycles. The van der Waals surface area contributed by atoms with Gasteiger partial charge in [-0.25, -0.2) is 0 Å². The highest BCUT2D eigenvalue weighted by Crippen LogP contribution is 2.62. The zero-order chi connectivity index (χ0) is 50.5. The molecule has 0 aliphatic heterocycles. The molecule has 0 saturated heterocycles. The summed E-state index contributed by atoms with van der Waals surface area (Å²) in [6.45, 7) is 24.2. The normalized spacial score (nSPS) is 16.3. The van der Waals surface area contributed by atoms with E-state index in [0.717, 1.165) is 17.1 Å². The van der Waals surface area contributed by atoms with Gasteiger partial charge in [-0.15, -0.1) is 0 Å². The summed E-state index contributed by atoms with van der Waals surface area (Å²) in [6, 6.07) is 70.7. The number of anilines is 3. The zero-order valence-corrected chi connectivity index (χ0v) is 44.3. The van der Waals surface area contributed by atoms with Crippen molar-refractivity contribution in [2.24, 2.45) is 0 Å². The third-order valence-corrected chi connectivity index (χ3v) is 18.8. The van der Waals surface area contributed by atoms with Gasteiger partial charge >= 0.3 is 0 Å².